The Kier molecular flexibility index (Phi) is 6.51. The number of ether oxygens (including phenoxy) is 1. The zero-order valence-electron chi connectivity index (χ0n) is 19.4. The van der Waals surface area contributed by atoms with Gasteiger partial charge >= 0.3 is 0 Å². The molecule has 2 aliphatic rings. The van der Waals surface area contributed by atoms with Crippen LogP contribution in [-0.4, -0.2) is 64.0 Å². The number of rotatable bonds is 9. The minimum atomic E-state index is -1.07. The first-order chi connectivity index (χ1) is 15.8. The van der Waals surface area contributed by atoms with Gasteiger partial charge in [0.2, 0.25) is 5.91 Å². The molecule has 2 aromatic rings. The third-order valence-corrected chi connectivity index (χ3v) is 6.27. The number of carbonyl (C=O) groups is 3. The number of methoxy groups -OCH3 is 1. The molecule has 9 heteroatoms. The van der Waals surface area contributed by atoms with E-state index in [1.807, 2.05) is 31.2 Å². The van der Waals surface area contributed by atoms with Gasteiger partial charge in [-0.05, 0) is 38.7 Å². The van der Waals surface area contributed by atoms with Crippen molar-refractivity contribution in [1.29, 1.82) is 0 Å². The Morgan fingerprint density at radius 1 is 1.21 bits per heavy atom. The van der Waals surface area contributed by atoms with Crippen LogP contribution in [0.1, 0.15) is 58.3 Å². The molecule has 33 heavy (non-hydrogen) atoms. The number of nitrogens with zero attached hydrogens (tertiary/aromatic N) is 3. The molecule has 0 saturated heterocycles. The van der Waals surface area contributed by atoms with E-state index in [0.717, 1.165) is 24.0 Å². The molecule has 4 rings (SSSR count). The molecule has 2 N–H and O–H groups in total. The number of hydrogen-bond donors (Lipinski definition) is 2. The number of amides is 3. The zero-order valence-corrected chi connectivity index (χ0v) is 19.4. The van der Waals surface area contributed by atoms with Gasteiger partial charge in [0.15, 0.2) is 5.69 Å². The summed E-state index contributed by atoms with van der Waals surface area (Å²) in [5, 5.41) is 5.80. The summed E-state index contributed by atoms with van der Waals surface area (Å²) in [6, 6.07) is 7.96. The van der Waals surface area contributed by atoms with Crippen molar-refractivity contribution in [3.63, 3.8) is 0 Å². The number of benzene rings is 1. The van der Waals surface area contributed by atoms with Crippen LogP contribution in [0.25, 0.3) is 0 Å². The molecule has 2 heterocycles. The van der Waals surface area contributed by atoms with E-state index in [0.29, 0.717) is 26.1 Å². The minimum Gasteiger partial charge on any atom is -0.385 e. The van der Waals surface area contributed by atoms with Gasteiger partial charge in [0.25, 0.3) is 11.8 Å². The molecule has 1 aliphatic carbocycles. The first-order valence-corrected chi connectivity index (χ1v) is 11.3. The quantitative estimate of drug-likeness (QED) is 0.562. The topological polar surface area (TPSA) is 106 Å². The predicted molar refractivity (Wildman–Crippen MR) is 122 cm³/mol. The molecular weight excluding hydrogens is 422 g/mol. The Balaban J connectivity index is 1.53. The van der Waals surface area contributed by atoms with Crippen molar-refractivity contribution in [3.8, 4) is 0 Å². The van der Waals surface area contributed by atoms with E-state index in [2.05, 4.69) is 15.6 Å². The second-order valence-electron chi connectivity index (χ2n) is 9.02. The molecule has 3 amide bonds. The molecule has 1 fully saturated rings. The summed E-state index contributed by atoms with van der Waals surface area (Å²) in [5.74, 6) is -0.930. The molecule has 0 bridgehead atoms. The van der Waals surface area contributed by atoms with Gasteiger partial charge in [-0.2, -0.15) is 0 Å². The lowest BCUT2D eigenvalue weighted by Gasteiger charge is -2.44. The maximum Gasteiger partial charge on any atom is 0.274 e. The summed E-state index contributed by atoms with van der Waals surface area (Å²) in [4.78, 5) is 45.5. The van der Waals surface area contributed by atoms with Crippen molar-refractivity contribution in [2.75, 3.05) is 20.3 Å². The van der Waals surface area contributed by atoms with E-state index < -0.39 is 11.4 Å². The molecule has 176 valence electrons. The summed E-state index contributed by atoms with van der Waals surface area (Å²) in [7, 11) is 1.60. The minimum absolute atomic E-state index is 0.00566. The second kappa shape index (κ2) is 9.35. The average Bonchev–Trinajstić information content (AvgIpc) is 3.53. The summed E-state index contributed by atoms with van der Waals surface area (Å²) < 4.78 is 6.63. The number of aryl methyl sites for hydroxylation is 1. The number of nitrogens with one attached hydrogen (secondary N) is 2. The first kappa shape index (κ1) is 23.0. The third-order valence-electron chi connectivity index (χ3n) is 6.27. The van der Waals surface area contributed by atoms with Gasteiger partial charge in [-0.3, -0.25) is 14.4 Å². The second-order valence-corrected chi connectivity index (χ2v) is 9.02. The highest BCUT2D eigenvalue weighted by Crippen LogP contribution is 2.38. The Morgan fingerprint density at radius 2 is 1.94 bits per heavy atom. The van der Waals surface area contributed by atoms with Crippen LogP contribution in [0.2, 0.25) is 0 Å². The number of carbonyl (C=O) groups excluding carboxylic acids is 3. The lowest BCUT2D eigenvalue weighted by atomic mass is 9.93. The number of hydrogen-bond acceptors (Lipinski definition) is 5. The van der Waals surface area contributed by atoms with Crippen LogP contribution in [0.4, 0.5) is 0 Å². The molecule has 0 radical (unpaired) electrons. The molecular formula is C24H31N5O4. The number of fused-ring (bicyclic) bond motifs is 1. The summed E-state index contributed by atoms with van der Waals surface area (Å²) in [6.45, 7) is 5.40. The average molecular weight is 454 g/mol. The molecule has 1 aliphatic heterocycles. The Hall–Kier alpha value is -3.20. The van der Waals surface area contributed by atoms with Gasteiger partial charge in [-0.1, -0.05) is 29.8 Å². The van der Waals surface area contributed by atoms with E-state index in [4.69, 9.17) is 4.74 Å². The smallest absolute Gasteiger partial charge is 0.274 e. The van der Waals surface area contributed by atoms with Crippen LogP contribution < -0.4 is 10.6 Å². The third kappa shape index (κ3) is 4.64. The first-order valence-electron chi connectivity index (χ1n) is 11.3. The van der Waals surface area contributed by atoms with Crippen LogP contribution in [0.5, 0.6) is 0 Å². The van der Waals surface area contributed by atoms with E-state index in [-0.39, 0.29) is 35.8 Å². The summed E-state index contributed by atoms with van der Waals surface area (Å²) in [5.41, 5.74) is 1.43. The van der Waals surface area contributed by atoms with Crippen molar-refractivity contribution in [2.45, 2.75) is 57.8 Å². The highest BCUT2D eigenvalue weighted by molar-refractivity contribution is 6.07. The van der Waals surface area contributed by atoms with Crippen LogP contribution in [-0.2, 0) is 22.6 Å². The van der Waals surface area contributed by atoms with Gasteiger partial charge in [0, 0.05) is 32.8 Å². The highest BCUT2D eigenvalue weighted by Gasteiger charge is 2.53. The maximum absolute atomic E-state index is 13.6. The van der Waals surface area contributed by atoms with Crippen molar-refractivity contribution in [2.24, 2.45) is 0 Å². The Labute approximate surface area is 193 Å². The van der Waals surface area contributed by atoms with Gasteiger partial charge in [0.05, 0.1) is 12.9 Å². The van der Waals surface area contributed by atoms with Gasteiger partial charge < -0.3 is 24.8 Å². The van der Waals surface area contributed by atoms with E-state index >= 15 is 0 Å². The molecule has 1 aromatic carbocycles. The van der Waals surface area contributed by atoms with Crippen LogP contribution in [0.15, 0.2) is 30.6 Å². The van der Waals surface area contributed by atoms with Crippen molar-refractivity contribution < 1.29 is 19.1 Å². The molecule has 1 atom stereocenters. The molecule has 1 saturated carbocycles. The normalized spacial score (nSPS) is 19.8. The molecule has 9 nitrogen and oxygen atoms in total. The lowest BCUT2D eigenvalue weighted by Crippen LogP contribution is -2.64. The molecule has 1 unspecified atom stereocenters. The monoisotopic (exact) mass is 453 g/mol. The fraction of sp³-hybridized carbons (Fsp3) is 0.500. The Bertz CT molecular complexity index is 1040. The van der Waals surface area contributed by atoms with Crippen LogP contribution >= 0.6 is 0 Å². The fourth-order valence-corrected chi connectivity index (χ4v) is 4.30. The van der Waals surface area contributed by atoms with Crippen molar-refractivity contribution >= 4 is 17.7 Å². The van der Waals surface area contributed by atoms with E-state index in [9.17, 15) is 14.4 Å². The van der Waals surface area contributed by atoms with Crippen molar-refractivity contribution in [3.05, 3.63) is 53.1 Å². The molecule has 0 spiro atoms. The lowest BCUT2D eigenvalue weighted by molar-refractivity contribution is -0.133. The standard InChI is InChI=1S/C24H31N5O4/c1-16-5-7-17(8-6-16)13-26-23(32)24(2)14-28-15-27-19(21(30)25-11-4-12-33-3)20(28)22(31)29(24)18-9-10-18/h5-8,15,18H,4,9-14H2,1-3H3,(H,25,30)(H,26,32). The SMILES string of the molecule is COCCCNC(=O)c1ncn2c1C(=O)N(C1CC1)C(C)(C(=O)NCc1ccc(C)cc1)C2. The molecule has 1 aromatic heterocycles. The maximum atomic E-state index is 13.6. The van der Waals surface area contributed by atoms with Gasteiger partial charge in [-0.25, -0.2) is 4.98 Å². The van der Waals surface area contributed by atoms with Crippen LogP contribution in [0.3, 0.4) is 0 Å². The Morgan fingerprint density at radius 3 is 2.61 bits per heavy atom. The van der Waals surface area contributed by atoms with Gasteiger partial charge in [-0.15, -0.1) is 0 Å². The van der Waals surface area contributed by atoms with E-state index in [1.165, 1.54) is 6.33 Å². The summed E-state index contributed by atoms with van der Waals surface area (Å²) in [6.07, 6.45) is 3.84. The van der Waals surface area contributed by atoms with Crippen LogP contribution in [0, 0.1) is 6.92 Å². The predicted octanol–water partition coefficient (Wildman–Crippen LogP) is 1.65. The number of imidazole rings is 1. The fourth-order valence-electron chi connectivity index (χ4n) is 4.30. The highest BCUT2D eigenvalue weighted by atomic mass is 16.5. The number of aromatic nitrogens is 2. The summed E-state index contributed by atoms with van der Waals surface area (Å²) >= 11 is 0. The largest absolute Gasteiger partial charge is 0.385 e. The zero-order chi connectivity index (χ0) is 23.6. The van der Waals surface area contributed by atoms with E-state index in [1.54, 1.807) is 23.5 Å². The van der Waals surface area contributed by atoms with Gasteiger partial charge in [0.1, 0.15) is 11.2 Å². The van der Waals surface area contributed by atoms with Crippen molar-refractivity contribution in [1.82, 2.24) is 25.1 Å².